The molecule has 0 unspecified atom stereocenters. The third-order valence-corrected chi connectivity index (χ3v) is 4.12. The summed E-state index contributed by atoms with van der Waals surface area (Å²) in [5, 5.41) is 6.27. The number of hydrazone groups is 1. The Bertz CT molecular complexity index is 767. The summed E-state index contributed by atoms with van der Waals surface area (Å²) in [7, 11) is 0. The number of fused-ring (bicyclic) bond motifs is 3. The summed E-state index contributed by atoms with van der Waals surface area (Å²) >= 11 is 0. The molecule has 0 radical (unpaired) electrons. The number of carbonyl (C=O) groups excluding carboxylic acids is 1. The molecule has 110 valence electrons. The number of carbonyl (C=O) groups is 1. The summed E-state index contributed by atoms with van der Waals surface area (Å²) in [6, 6.07) is 17.3. The van der Waals surface area contributed by atoms with Crippen molar-refractivity contribution < 1.29 is 126 Å². The van der Waals surface area contributed by atoms with E-state index in [0.29, 0.717) is 6.61 Å². The molecule has 2 atom stereocenters. The summed E-state index contributed by atoms with van der Waals surface area (Å²) in [4.78, 5) is 11.8. The number of rotatable bonds is 2. The van der Waals surface area contributed by atoms with Crippen LogP contribution in [-0.4, -0.2) is 24.3 Å². The van der Waals surface area contributed by atoms with E-state index >= 15 is 0 Å². The average molecular weight is 463 g/mol. The van der Waals surface area contributed by atoms with Crippen LogP contribution in [0.25, 0.3) is 5.73 Å². The zero-order chi connectivity index (χ0) is 15.1. The van der Waals surface area contributed by atoms with E-state index < -0.39 is 5.91 Å². The van der Waals surface area contributed by atoms with E-state index in [1.165, 1.54) is 0 Å². The molecule has 2 aliphatic rings. The minimum Gasteiger partial charge on any atom is -0.662 e. The van der Waals surface area contributed by atoms with Gasteiger partial charge in [-0.1, -0.05) is 42.5 Å². The normalized spacial score (nSPS) is 20.5. The molecule has 2 aromatic carbocycles. The monoisotopic (exact) mass is 462 g/mol. The topological polar surface area (TPSA) is 65.7 Å². The van der Waals surface area contributed by atoms with Crippen molar-refractivity contribution in [3.8, 4) is 5.75 Å². The van der Waals surface area contributed by atoms with Gasteiger partial charge in [0.05, 0.1) is 23.6 Å². The molecule has 2 heterocycles. The molecule has 0 aromatic heterocycles. The van der Waals surface area contributed by atoms with Gasteiger partial charge in [0.2, 0.25) is 0 Å². The molecular formula is C17H14N3O2Rb2+. The molecule has 5 nitrogen and oxygen atoms in total. The van der Waals surface area contributed by atoms with Gasteiger partial charge >= 0.3 is 116 Å². The van der Waals surface area contributed by atoms with Crippen molar-refractivity contribution in [2.45, 2.75) is 12.0 Å². The Morgan fingerprint density at radius 2 is 1.75 bits per heavy atom. The number of amides is 1. The van der Waals surface area contributed by atoms with Gasteiger partial charge in [0.1, 0.15) is 18.0 Å². The van der Waals surface area contributed by atoms with Crippen LogP contribution in [0.3, 0.4) is 0 Å². The Balaban J connectivity index is 0.00000104. The van der Waals surface area contributed by atoms with Gasteiger partial charge in [-0.15, -0.1) is 0 Å². The predicted octanol–water partition coefficient (Wildman–Crippen LogP) is -3.01. The Hall–Kier alpha value is 0.790. The van der Waals surface area contributed by atoms with Crippen molar-refractivity contribution in [1.29, 1.82) is 0 Å². The third kappa shape index (κ3) is 3.88. The maximum atomic E-state index is 11.8. The Labute approximate surface area is 238 Å². The standard InChI is InChI=1S/C17H15N3O2.2Rb/c18-17(21)16-15(11-6-2-1-3-7-11)13-10-22-14-9-5-4-8-12(14)20(13)19-16;;/h1-9,13,15H,10H2,(H2,18,21);;/q;2*+1/p-1/t13-,15+;;/m0../s1. The minimum absolute atomic E-state index is 0. The first kappa shape index (κ1) is 21.1. The van der Waals surface area contributed by atoms with Gasteiger partial charge < -0.3 is 15.3 Å². The third-order valence-electron chi connectivity index (χ3n) is 4.12. The van der Waals surface area contributed by atoms with E-state index in [1.807, 2.05) is 59.6 Å². The van der Waals surface area contributed by atoms with E-state index in [9.17, 15) is 4.79 Å². The Morgan fingerprint density at radius 1 is 1.08 bits per heavy atom. The van der Waals surface area contributed by atoms with Crippen LogP contribution in [0.2, 0.25) is 0 Å². The van der Waals surface area contributed by atoms with Gasteiger partial charge in [-0.3, -0.25) is 5.01 Å². The van der Waals surface area contributed by atoms with Crippen LogP contribution in [0.4, 0.5) is 5.69 Å². The van der Waals surface area contributed by atoms with E-state index in [1.54, 1.807) is 0 Å². The van der Waals surface area contributed by atoms with Crippen LogP contribution >= 0.6 is 0 Å². The molecule has 7 heteroatoms. The van der Waals surface area contributed by atoms with Gasteiger partial charge in [0.25, 0.3) is 0 Å². The smallest absolute Gasteiger partial charge is 0.662 e. The number of hydrogen-bond acceptors (Lipinski definition) is 4. The molecule has 0 aliphatic carbocycles. The zero-order valence-corrected chi connectivity index (χ0v) is 23.6. The van der Waals surface area contributed by atoms with Crippen LogP contribution in [0.15, 0.2) is 59.7 Å². The number of para-hydroxylation sites is 2. The molecule has 1 N–H and O–H groups in total. The Kier molecular flexibility index (Phi) is 8.02. The SMILES string of the molecule is [NH-]C(=O)C1=NN2c3ccccc3OC[C@H]2[C@H]1c1ccccc1.[Rb+].[Rb+]. The van der Waals surface area contributed by atoms with Crippen molar-refractivity contribution in [3.05, 3.63) is 65.9 Å². The molecule has 2 aliphatic heterocycles. The molecule has 24 heavy (non-hydrogen) atoms. The molecule has 0 spiro atoms. The van der Waals surface area contributed by atoms with Gasteiger partial charge in [-0.05, 0) is 17.7 Å². The van der Waals surface area contributed by atoms with Crippen molar-refractivity contribution >= 4 is 17.3 Å². The maximum Gasteiger partial charge on any atom is 1.00 e. The van der Waals surface area contributed by atoms with Crippen molar-refractivity contribution in [2.75, 3.05) is 11.6 Å². The largest absolute Gasteiger partial charge is 1.00 e. The molecule has 0 bridgehead atoms. The van der Waals surface area contributed by atoms with Crippen LogP contribution < -0.4 is 126 Å². The Morgan fingerprint density at radius 3 is 2.46 bits per heavy atom. The molecule has 0 saturated carbocycles. The summed E-state index contributed by atoms with van der Waals surface area (Å²) in [6.07, 6.45) is 0. The molecular weight excluding hydrogens is 449 g/mol. The number of anilines is 1. The van der Waals surface area contributed by atoms with Crippen LogP contribution in [-0.2, 0) is 4.79 Å². The summed E-state index contributed by atoms with van der Waals surface area (Å²) < 4.78 is 5.83. The average Bonchev–Trinajstić information content (AvgIpc) is 2.96. The fourth-order valence-electron chi connectivity index (χ4n) is 3.15. The fourth-order valence-corrected chi connectivity index (χ4v) is 3.15. The molecule has 1 amide bonds. The van der Waals surface area contributed by atoms with E-state index in [0.717, 1.165) is 17.0 Å². The first-order valence-electron chi connectivity index (χ1n) is 7.16. The summed E-state index contributed by atoms with van der Waals surface area (Å²) in [6.45, 7) is 0.441. The first-order valence-corrected chi connectivity index (χ1v) is 7.16. The van der Waals surface area contributed by atoms with Gasteiger partial charge in [0, 0.05) is 0 Å². The van der Waals surface area contributed by atoms with Gasteiger partial charge in [-0.2, -0.15) is 5.10 Å². The van der Waals surface area contributed by atoms with Gasteiger partial charge in [-0.25, -0.2) is 0 Å². The number of ether oxygens (including phenoxy) is 1. The van der Waals surface area contributed by atoms with Crippen molar-refractivity contribution in [2.24, 2.45) is 5.10 Å². The molecule has 2 aromatic rings. The summed E-state index contributed by atoms with van der Waals surface area (Å²) in [5.41, 5.74) is 9.65. The number of nitrogens with zero attached hydrogens (tertiary/aromatic N) is 2. The quantitative estimate of drug-likeness (QED) is 0.477. The first-order chi connectivity index (χ1) is 10.8. The number of nitrogens with one attached hydrogen (secondary N) is 1. The van der Waals surface area contributed by atoms with Crippen LogP contribution in [0.1, 0.15) is 11.5 Å². The number of hydrogen-bond donors (Lipinski definition) is 0. The van der Waals surface area contributed by atoms with Crippen LogP contribution in [0.5, 0.6) is 5.75 Å². The maximum absolute atomic E-state index is 11.8. The second-order valence-corrected chi connectivity index (χ2v) is 5.39. The van der Waals surface area contributed by atoms with E-state index in [-0.39, 0.29) is 134 Å². The predicted molar refractivity (Wildman–Crippen MR) is 84.2 cm³/mol. The fraction of sp³-hybridized carbons (Fsp3) is 0.176. The zero-order valence-electron chi connectivity index (χ0n) is 13.8. The van der Waals surface area contributed by atoms with E-state index in [4.69, 9.17) is 10.5 Å². The summed E-state index contributed by atoms with van der Waals surface area (Å²) in [5.74, 6) is -0.215. The van der Waals surface area contributed by atoms with Crippen LogP contribution in [0, 0.1) is 0 Å². The molecule has 4 rings (SSSR count). The van der Waals surface area contributed by atoms with Crippen molar-refractivity contribution in [3.63, 3.8) is 0 Å². The van der Waals surface area contributed by atoms with Crippen molar-refractivity contribution in [1.82, 2.24) is 0 Å². The minimum atomic E-state index is -0.735. The second-order valence-electron chi connectivity index (χ2n) is 5.39. The molecule has 0 fully saturated rings. The second kappa shape index (κ2) is 9.13. The molecule has 0 saturated heterocycles. The van der Waals surface area contributed by atoms with E-state index in [2.05, 4.69) is 5.10 Å². The van der Waals surface area contributed by atoms with Gasteiger partial charge in [0.15, 0.2) is 0 Å². The number of benzene rings is 2.